The van der Waals surface area contributed by atoms with Crippen LogP contribution in [0.4, 0.5) is 4.79 Å². The third-order valence-electron chi connectivity index (χ3n) is 3.30. The van der Waals surface area contributed by atoms with Crippen LogP contribution < -0.4 is 5.32 Å². The minimum Gasteiger partial charge on any atom is -0.346 e. The van der Waals surface area contributed by atoms with Crippen molar-refractivity contribution in [1.29, 1.82) is 0 Å². The molecule has 0 radical (unpaired) electrons. The van der Waals surface area contributed by atoms with E-state index in [0.717, 1.165) is 0 Å². The number of benzene rings is 1. The molecule has 0 bridgehead atoms. The van der Waals surface area contributed by atoms with Crippen LogP contribution in [0.2, 0.25) is 0 Å². The minimum absolute atomic E-state index is 0.0349. The molecule has 3 amide bonds. The summed E-state index contributed by atoms with van der Waals surface area (Å²) in [6, 6.07) is 6.85. The first kappa shape index (κ1) is 12.2. The zero-order chi connectivity index (χ0) is 13.4. The van der Waals surface area contributed by atoms with Crippen LogP contribution in [0.1, 0.15) is 27.1 Å². The van der Waals surface area contributed by atoms with Crippen molar-refractivity contribution >= 4 is 28.8 Å². The number of carbonyl (C=O) groups excluding carboxylic acids is 3. The van der Waals surface area contributed by atoms with E-state index in [0.29, 0.717) is 30.6 Å². The average molecular weight is 276 g/mol. The molecule has 0 spiro atoms. The molecule has 1 atom stereocenters. The van der Waals surface area contributed by atoms with E-state index < -0.39 is 0 Å². The summed E-state index contributed by atoms with van der Waals surface area (Å²) in [6.07, 6.45) is 0.634. The molecule has 0 aliphatic carbocycles. The maximum absolute atomic E-state index is 12.1. The summed E-state index contributed by atoms with van der Waals surface area (Å²) in [4.78, 5) is 36.5. The molecule has 19 heavy (non-hydrogen) atoms. The van der Waals surface area contributed by atoms with Gasteiger partial charge in [-0.1, -0.05) is 23.9 Å². The molecule has 5 nitrogen and oxygen atoms in total. The Morgan fingerprint density at radius 3 is 2.32 bits per heavy atom. The summed E-state index contributed by atoms with van der Waals surface area (Å²) < 4.78 is 0. The highest BCUT2D eigenvalue weighted by atomic mass is 32.2. The molecule has 2 heterocycles. The van der Waals surface area contributed by atoms with Gasteiger partial charge >= 0.3 is 0 Å². The summed E-state index contributed by atoms with van der Waals surface area (Å²) in [5, 5.41) is 2.82. The summed E-state index contributed by atoms with van der Waals surface area (Å²) in [6.45, 7) is 0.964. The van der Waals surface area contributed by atoms with Crippen LogP contribution >= 0.6 is 11.8 Å². The fourth-order valence-electron chi connectivity index (χ4n) is 2.31. The first-order valence-electron chi connectivity index (χ1n) is 6.06. The number of carbonyl (C=O) groups is 3. The first-order chi connectivity index (χ1) is 9.16. The summed E-state index contributed by atoms with van der Waals surface area (Å²) in [7, 11) is 0. The van der Waals surface area contributed by atoms with E-state index in [-0.39, 0.29) is 22.3 Å². The fraction of sp³-hybridized carbons (Fsp3) is 0.308. The van der Waals surface area contributed by atoms with Crippen molar-refractivity contribution in [2.75, 3.05) is 13.1 Å². The van der Waals surface area contributed by atoms with Crippen molar-refractivity contribution < 1.29 is 14.4 Å². The van der Waals surface area contributed by atoms with Gasteiger partial charge in [0.15, 0.2) is 0 Å². The second-order valence-electron chi connectivity index (χ2n) is 4.50. The molecular formula is C13H12N2O3S. The first-order valence-corrected chi connectivity index (χ1v) is 6.94. The Kier molecular flexibility index (Phi) is 3.02. The molecular weight excluding hydrogens is 264 g/mol. The quantitative estimate of drug-likeness (QED) is 0.850. The molecule has 1 unspecified atom stereocenters. The number of nitrogens with zero attached hydrogens (tertiary/aromatic N) is 1. The molecule has 1 N–H and O–H groups in total. The minimum atomic E-state index is -0.233. The standard InChI is InChI=1S/C13H12N2O3S/c16-11-9-3-1-2-4-10(9)12(17)15(11)6-5-8-7-14-13(18)19-8/h1-4,8H,5-7H2,(H,14,18). The van der Waals surface area contributed by atoms with Gasteiger partial charge in [0.1, 0.15) is 0 Å². The molecule has 0 saturated carbocycles. The third-order valence-corrected chi connectivity index (χ3v) is 4.39. The second-order valence-corrected chi connectivity index (χ2v) is 5.78. The fourth-order valence-corrected chi connectivity index (χ4v) is 3.17. The molecule has 0 aromatic heterocycles. The van der Waals surface area contributed by atoms with E-state index in [1.54, 1.807) is 24.3 Å². The van der Waals surface area contributed by atoms with Gasteiger partial charge in [-0.3, -0.25) is 19.3 Å². The Morgan fingerprint density at radius 1 is 1.16 bits per heavy atom. The van der Waals surface area contributed by atoms with E-state index in [9.17, 15) is 14.4 Å². The lowest BCUT2D eigenvalue weighted by atomic mass is 10.1. The molecule has 6 heteroatoms. The molecule has 1 aromatic carbocycles. The van der Waals surface area contributed by atoms with Crippen LogP contribution in [0.5, 0.6) is 0 Å². The van der Waals surface area contributed by atoms with Crippen molar-refractivity contribution in [3.05, 3.63) is 35.4 Å². The van der Waals surface area contributed by atoms with E-state index in [2.05, 4.69) is 5.32 Å². The number of rotatable bonds is 3. The Balaban J connectivity index is 1.69. The van der Waals surface area contributed by atoms with Crippen molar-refractivity contribution in [2.24, 2.45) is 0 Å². The highest BCUT2D eigenvalue weighted by Gasteiger charge is 2.35. The molecule has 3 rings (SSSR count). The van der Waals surface area contributed by atoms with Crippen molar-refractivity contribution in [2.45, 2.75) is 11.7 Å². The molecule has 1 saturated heterocycles. The van der Waals surface area contributed by atoms with Gasteiger partial charge in [0, 0.05) is 18.3 Å². The van der Waals surface area contributed by atoms with Gasteiger partial charge in [-0.2, -0.15) is 0 Å². The van der Waals surface area contributed by atoms with E-state index in [1.165, 1.54) is 16.7 Å². The number of fused-ring (bicyclic) bond motifs is 1. The number of amides is 3. The number of nitrogens with one attached hydrogen (secondary N) is 1. The maximum atomic E-state index is 12.1. The van der Waals surface area contributed by atoms with Gasteiger partial charge < -0.3 is 5.32 Å². The van der Waals surface area contributed by atoms with E-state index in [4.69, 9.17) is 0 Å². The predicted molar refractivity (Wildman–Crippen MR) is 71.2 cm³/mol. The second kappa shape index (κ2) is 4.70. The van der Waals surface area contributed by atoms with Crippen LogP contribution in [0.3, 0.4) is 0 Å². The zero-order valence-corrected chi connectivity index (χ0v) is 10.9. The van der Waals surface area contributed by atoms with Gasteiger partial charge in [-0.25, -0.2) is 0 Å². The topological polar surface area (TPSA) is 66.5 Å². The van der Waals surface area contributed by atoms with Gasteiger partial charge in [-0.05, 0) is 18.6 Å². The Labute approximate surface area is 114 Å². The normalized spacial score (nSPS) is 21.8. The monoisotopic (exact) mass is 276 g/mol. The highest BCUT2D eigenvalue weighted by Crippen LogP contribution is 2.25. The van der Waals surface area contributed by atoms with Gasteiger partial charge in [0.05, 0.1) is 11.1 Å². The average Bonchev–Trinajstić information content (AvgIpc) is 2.93. The van der Waals surface area contributed by atoms with Crippen LogP contribution in [0, 0.1) is 0 Å². The Morgan fingerprint density at radius 2 is 1.79 bits per heavy atom. The number of hydrogen-bond donors (Lipinski definition) is 1. The summed E-state index contributed by atoms with van der Waals surface area (Å²) >= 11 is 1.24. The highest BCUT2D eigenvalue weighted by molar-refractivity contribution is 8.14. The zero-order valence-electron chi connectivity index (χ0n) is 10.1. The number of hydrogen-bond acceptors (Lipinski definition) is 4. The van der Waals surface area contributed by atoms with Crippen molar-refractivity contribution in [1.82, 2.24) is 10.2 Å². The van der Waals surface area contributed by atoms with Crippen molar-refractivity contribution in [3.8, 4) is 0 Å². The SMILES string of the molecule is O=C1NCC(CCN2C(=O)c3ccccc3C2=O)S1. The summed E-state index contributed by atoms with van der Waals surface area (Å²) in [5.74, 6) is -0.467. The number of imide groups is 1. The molecule has 2 aliphatic rings. The van der Waals surface area contributed by atoms with Gasteiger partial charge in [0.2, 0.25) is 0 Å². The largest absolute Gasteiger partial charge is 0.346 e. The van der Waals surface area contributed by atoms with Crippen LogP contribution in [0.15, 0.2) is 24.3 Å². The smallest absolute Gasteiger partial charge is 0.279 e. The van der Waals surface area contributed by atoms with Crippen molar-refractivity contribution in [3.63, 3.8) is 0 Å². The number of thioether (sulfide) groups is 1. The molecule has 2 aliphatic heterocycles. The molecule has 1 aromatic rings. The van der Waals surface area contributed by atoms with Gasteiger partial charge in [0.25, 0.3) is 17.1 Å². The van der Waals surface area contributed by atoms with E-state index >= 15 is 0 Å². The lowest BCUT2D eigenvalue weighted by Crippen LogP contribution is -2.32. The lowest BCUT2D eigenvalue weighted by molar-refractivity contribution is 0.0652. The predicted octanol–water partition coefficient (Wildman–Crippen LogP) is 1.50. The van der Waals surface area contributed by atoms with Crippen LogP contribution in [0.25, 0.3) is 0 Å². The van der Waals surface area contributed by atoms with Crippen LogP contribution in [-0.4, -0.2) is 40.3 Å². The Hall–Kier alpha value is -1.82. The third kappa shape index (κ3) is 2.12. The Bertz CT molecular complexity index is 538. The van der Waals surface area contributed by atoms with Gasteiger partial charge in [-0.15, -0.1) is 0 Å². The summed E-state index contributed by atoms with van der Waals surface area (Å²) in [5.41, 5.74) is 0.946. The molecule has 1 fully saturated rings. The molecule has 98 valence electrons. The van der Waals surface area contributed by atoms with E-state index in [1.807, 2.05) is 0 Å². The lowest BCUT2D eigenvalue weighted by Gasteiger charge is -2.15. The van der Waals surface area contributed by atoms with Crippen LogP contribution in [-0.2, 0) is 0 Å². The maximum Gasteiger partial charge on any atom is 0.279 e.